The van der Waals surface area contributed by atoms with E-state index in [1.165, 1.54) is 30.0 Å². The molecule has 5 heteroatoms. The monoisotopic (exact) mass is 447 g/mol. The van der Waals surface area contributed by atoms with Gasteiger partial charge in [-0.3, -0.25) is 4.79 Å². The molecule has 25 heavy (non-hydrogen) atoms. The molecule has 1 heterocycles. The van der Waals surface area contributed by atoms with Crippen molar-refractivity contribution in [2.45, 2.75) is 27.7 Å². The molecule has 0 saturated heterocycles. The third-order valence-electron chi connectivity index (χ3n) is 3.88. The lowest BCUT2D eigenvalue weighted by Gasteiger charge is -2.03. The third kappa shape index (κ3) is 4.10. The van der Waals surface area contributed by atoms with Gasteiger partial charge in [0, 0.05) is 16.8 Å². The first-order chi connectivity index (χ1) is 11.9. The summed E-state index contributed by atoms with van der Waals surface area (Å²) in [7, 11) is 0. The molecule has 0 spiro atoms. The van der Waals surface area contributed by atoms with E-state index in [4.69, 9.17) is 4.52 Å². The fourth-order valence-corrected chi connectivity index (χ4v) is 5.24. The van der Waals surface area contributed by atoms with Gasteiger partial charge in [-0.25, -0.2) is 0 Å². The van der Waals surface area contributed by atoms with Crippen molar-refractivity contribution in [2.75, 3.05) is 5.32 Å². The number of anilines is 1. The second-order valence-corrected chi connectivity index (χ2v) is 8.93. The van der Waals surface area contributed by atoms with Crippen LogP contribution >= 0.6 is 0 Å². The molecule has 3 aromatic rings. The lowest BCUT2D eigenvalue weighted by molar-refractivity contribution is -0.598. The molecule has 0 aliphatic carbocycles. The fourth-order valence-electron chi connectivity index (χ4n) is 2.73. The van der Waals surface area contributed by atoms with Crippen LogP contribution in [0.25, 0.3) is 0 Å². The van der Waals surface area contributed by atoms with Crippen molar-refractivity contribution >= 4 is 11.6 Å². The number of rotatable bonds is 4. The van der Waals surface area contributed by atoms with E-state index in [9.17, 15) is 4.79 Å². The SMILES string of the molecule is Cc1cc(C)c([I+]c2ccc(NC(=O)c3cnoc3C)cc2)c(C)c1. The van der Waals surface area contributed by atoms with Crippen molar-refractivity contribution in [1.82, 2.24) is 5.16 Å². The van der Waals surface area contributed by atoms with Gasteiger partial charge < -0.3 is 9.84 Å². The average molecular weight is 447 g/mol. The highest BCUT2D eigenvalue weighted by Gasteiger charge is 2.21. The van der Waals surface area contributed by atoms with E-state index >= 15 is 0 Å². The van der Waals surface area contributed by atoms with E-state index in [1.54, 1.807) is 6.92 Å². The number of amides is 1. The molecule has 1 amide bonds. The Bertz CT molecular complexity index is 891. The Kier molecular flexibility index (Phi) is 5.22. The second kappa shape index (κ2) is 7.39. The van der Waals surface area contributed by atoms with Gasteiger partial charge in [-0.2, -0.15) is 0 Å². The maximum absolute atomic E-state index is 12.2. The van der Waals surface area contributed by atoms with Crippen molar-refractivity contribution in [1.29, 1.82) is 0 Å². The zero-order valence-corrected chi connectivity index (χ0v) is 16.8. The van der Waals surface area contributed by atoms with E-state index < -0.39 is 0 Å². The number of benzene rings is 2. The Hall–Kier alpha value is -2.15. The van der Waals surface area contributed by atoms with Gasteiger partial charge in [0.15, 0.2) is 7.14 Å². The highest BCUT2D eigenvalue weighted by Crippen LogP contribution is 2.12. The van der Waals surface area contributed by atoms with Crippen LogP contribution in [-0.4, -0.2) is 11.1 Å². The number of hydrogen-bond acceptors (Lipinski definition) is 3. The quantitative estimate of drug-likeness (QED) is 0.614. The molecular formula is C20H20IN2O2+. The van der Waals surface area contributed by atoms with E-state index in [-0.39, 0.29) is 27.1 Å². The molecule has 3 rings (SSSR count). The van der Waals surface area contributed by atoms with Crippen LogP contribution in [0.4, 0.5) is 5.69 Å². The van der Waals surface area contributed by atoms with Crippen LogP contribution < -0.4 is 26.5 Å². The molecule has 0 bridgehead atoms. The number of nitrogens with one attached hydrogen (secondary N) is 1. The van der Waals surface area contributed by atoms with Crippen molar-refractivity contribution in [2.24, 2.45) is 0 Å². The average Bonchev–Trinajstić information content (AvgIpc) is 2.98. The summed E-state index contributed by atoms with van der Waals surface area (Å²) in [5.41, 5.74) is 5.28. The molecule has 0 aliphatic rings. The molecule has 1 N–H and O–H groups in total. The van der Waals surface area contributed by atoms with Crippen molar-refractivity contribution in [3.63, 3.8) is 0 Å². The van der Waals surface area contributed by atoms with E-state index in [0.717, 1.165) is 5.69 Å². The van der Waals surface area contributed by atoms with Gasteiger partial charge in [0.25, 0.3) is 5.91 Å². The summed E-state index contributed by atoms with van der Waals surface area (Å²) in [5.74, 6) is 0.316. The number of hydrogen-bond donors (Lipinski definition) is 1. The van der Waals surface area contributed by atoms with E-state index in [2.05, 4.69) is 55.5 Å². The Morgan fingerprint density at radius 3 is 2.24 bits per heavy atom. The van der Waals surface area contributed by atoms with Crippen LogP contribution in [0.15, 0.2) is 47.1 Å². The van der Waals surface area contributed by atoms with Crippen molar-refractivity contribution in [3.8, 4) is 0 Å². The standard InChI is InChI=1S/C20H19IN2O2/c1-12-9-13(2)19(14(3)10-12)21-16-5-7-17(8-6-16)23-20(24)18-11-22-25-15(18)4/h5-11H,1-4H3/p+1. The van der Waals surface area contributed by atoms with Gasteiger partial charge in [0.05, 0.1) is 6.20 Å². The first kappa shape index (κ1) is 17.7. The van der Waals surface area contributed by atoms with Gasteiger partial charge in [-0.1, -0.05) is 22.9 Å². The van der Waals surface area contributed by atoms with Gasteiger partial charge in [0.2, 0.25) is 0 Å². The summed E-state index contributed by atoms with van der Waals surface area (Å²) in [5, 5.41) is 6.52. The summed E-state index contributed by atoms with van der Waals surface area (Å²) in [6, 6.07) is 12.6. The predicted molar refractivity (Wildman–Crippen MR) is 93.7 cm³/mol. The molecule has 0 unspecified atom stereocenters. The van der Waals surface area contributed by atoms with Crippen LogP contribution in [0.1, 0.15) is 32.8 Å². The second-order valence-electron chi connectivity index (χ2n) is 6.06. The van der Waals surface area contributed by atoms with Crippen LogP contribution in [0.3, 0.4) is 0 Å². The van der Waals surface area contributed by atoms with E-state index in [1.807, 2.05) is 12.1 Å². The van der Waals surface area contributed by atoms with Crippen LogP contribution in [0, 0.1) is 34.8 Å². The number of aryl methyl sites for hydroxylation is 4. The molecule has 0 atom stereocenters. The molecule has 1 aromatic heterocycles. The largest absolute Gasteiger partial charge is 0.361 e. The summed E-state index contributed by atoms with van der Waals surface area (Å²) < 4.78 is 7.73. The Balaban J connectivity index is 1.73. The topological polar surface area (TPSA) is 55.1 Å². The molecule has 128 valence electrons. The van der Waals surface area contributed by atoms with Gasteiger partial charge in [0.1, 0.15) is 11.3 Å². The molecule has 2 aromatic carbocycles. The molecule has 0 aliphatic heterocycles. The van der Waals surface area contributed by atoms with Crippen molar-refractivity contribution < 1.29 is 30.5 Å². The number of halogens is 1. The smallest absolute Gasteiger partial charge is 0.358 e. The van der Waals surface area contributed by atoms with Crippen LogP contribution in [0.2, 0.25) is 0 Å². The molecule has 0 fully saturated rings. The maximum Gasteiger partial charge on any atom is 0.358 e. The molecule has 0 radical (unpaired) electrons. The fraction of sp³-hybridized carbons (Fsp3) is 0.200. The minimum absolute atomic E-state index is 0.202. The predicted octanol–water partition coefficient (Wildman–Crippen LogP) is 1.29. The first-order valence-corrected chi connectivity index (χ1v) is 10.1. The van der Waals surface area contributed by atoms with Gasteiger partial charge in [-0.05, 0) is 52.0 Å². The Morgan fingerprint density at radius 1 is 1.04 bits per heavy atom. The first-order valence-electron chi connectivity index (χ1n) is 7.99. The Labute approximate surface area is 157 Å². The van der Waals surface area contributed by atoms with Gasteiger partial charge >= 0.3 is 21.2 Å². The molecule has 4 nitrogen and oxygen atoms in total. The lowest BCUT2D eigenvalue weighted by Crippen LogP contribution is -3.62. The zero-order chi connectivity index (χ0) is 18.0. The van der Waals surface area contributed by atoms with Gasteiger partial charge in [-0.15, -0.1) is 0 Å². The molecule has 0 saturated carbocycles. The minimum atomic E-state index is -0.241. The summed E-state index contributed by atoms with van der Waals surface area (Å²) >= 11 is -0.241. The third-order valence-corrected chi connectivity index (χ3v) is 7.46. The maximum atomic E-state index is 12.2. The van der Waals surface area contributed by atoms with Crippen molar-refractivity contribution in [3.05, 3.63) is 77.7 Å². The summed E-state index contributed by atoms with van der Waals surface area (Å²) in [6.45, 7) is 8.23. The normalized spacial score (nSPS) is 10.7. The Morgan fingerprint density at radius 2 is 1.68 bits per heavy atom. The minimum Gasteiger partial charge on any atom is -0.361 e. The van der Waals surface area contributed by atoms with E-state index in [0.29, 0.717) is 11.3 Å². The highest BCUT2D eigenvalue weighted by molar-refractivity contribution is 6.04. The number of carbonyl (C=O) groups is 1. The summed E-state index contributed by atoms with van der Waals surface area (Å²) in [6.07, 6.45) is 1.44. The number of aromatic nitrogens is 1. The molecular weight excluding hydrogens is 427 g/mol. The number of nitrogens with zero attached hydrogens (tertiary/aromatic N) is 1. The highest BCUT2D eigenvalue weighted by atomic mass is 127. The summed E-state index contributed by atoms with van der Waals surface area (Å²) in [4.78, 5) is 12.2. The zero-order valence-electron chi connectivity index (χ0n) is 14.7. The number of carbonyl (C=O) groups excluding carboxylic acids is 1. The van der Waals surface area contributed by atoms with Crippen LogP contribution in [0.5, 0.6) is 0 Å². The van der Waals surface area contributed by atoms with Crippen LogP contribution in [-0.2, 0) is 0 Å². The lowest BCUT2D eigenvalue weighted by atomic mass is 10.1.